The van der Waals surface area contributed by atoms with E-state index in [0.29, 0.717) is 0 Å². The van der Waals surface area contributed by atoms with Crippen LogP contribution in [-0.4, -0.2) is 10.6 Å². The van der Waals surface area contributed by atoms with E-state index in [-0.39, 0.29) is 6.04 Å². The largest absolute Gasteiger partial charge is 0.335 e. The van der Waals surface area contributed by atoms with Gasteiger partial charge in [0.25, 0.3) is 0 Å². The Kier molecular flexibility index (Phi) is 7.74. The zero-order valence-corrected chi connectivity index (χ0v) is 32.8. The maximum absolute atomic E-state index is 2.59. The summed E-state index contributed by atoms with van der Waals surface area (Å²) >= 11 is 0. The van der Waals surface area contributed by atoms with Crippen molar-refractivity contribution in [2.45, 2.75) is 30.7 Å². The molecule has 0 bridgehead atoms. The van der Waals surface area contributed by atoms with Gasteiger partial charge in [0.1, 0.15) is 0 Å². The van der Waals surface area contributed by atoms with Gasteiger partial charge in [-0.25, -0.2) is 0 Å². The van der Waals surface area contributed by atoms with Crippen LogP contribution < -0.4 is 4.90 Å². The topological polar surface area (TPSA) is 8.17 Å². The Labute approximate surface area is 346 Å². The lowest BCUT2D eigenvalue weighted by Gasteiger charge is -2.36. The standard InChI is InChI=1S/C57H42N2/c1-4-14-39(15-5-1)41-24-27-45(28-25-41)59(44-18-8-3-9-19-44)47-30-32-51-50-31-29-46(58-35-34-43-36-42(26-33-56(43)58)40-16-6-2-7-17-40)37-54(50)57(55(51)38-47)52-22-12-10-20-48(52)49-21-11-13-23-53(49)57/h1-2,4-8,10-27,29-38,45H,3,9,28H2. The van der Waals surface area contributed by atoms with E-state index in [0.717, 1.165) is 19.3 Å². The van der Waals surface area contributed by atoms with Gasteiger partial charge in [-0.15, -0.1) is 0 Å². The van der Waals surface area contributed by atoms with Crippen LogP contribution in [0.5, 0.6) is 0 Å². The third kappa shape index (κ3) is 5.19. The van der Waals surface area contributed by atoms with E-state index in [9.17, 15) is 0 Å². The second-order valence-corrected chi connectivity index (χ2v) is 16.3. The molecule has 0 saturated carbocycles. The highest BCUT2D eigenvalue weighted by molar-refractivity contribution is 5.96. The van der Waals surface area contributed by atoms with Gasteiger partial charge < -0.3 is 9.47 Å². The van der Waals surface area contributed by atoms with Gasteiger partial charge in [0.2, 0.25) is 0 Å². The summed E-state index contributed by atoms with van der Waals surface area (Å²) < 4.78 is 2.37. The lowest BCUT2D eigenvalue weighted by Crippen LogP contribution is -2.34. The van der Waals surface area contributed by atoms with Crippen molar-refractivity contribution in [2.75, 3.05) is 4.90 Å². The molecule has 4 aliphatic carbocycles. The Hall–Kier alpha value is -7.16. The smallest absolute Gasteiger partial charge is 0.0727 e. The molecule has 1 aromatic heterocycles. The molecule has 0 fully saturated rings. The second-order valence-electron chi connectivity index (χ2n) is 16.3. The highest BCUT2D eigenvalue weighted by atomic mass is 15.2. The number of benzene rings is 7. The van der Waals surface area contributed by atoms with Crippen LogP contribution in [0.3, 0.4) is 0 Å². The first-order valence-electron chi connectivity index (χ1n) is 21.0. The average molecular weight is 755 g/mol. The van der Waals surface area contributed by atoms with E-state index < -0.39 is 5.41 Å². The van der Waals surface area contributed by atoms with Gasteiger partial charge in [-0.05, 0) is 135 Å². The van der Waals surface area contributed by atoms with Crippen LogP contribution in [-0.2, 0) is 5.41 Å². The minimum absolute atomic E-state index is 0.188. The van der Waals surface area contributed by atoms with Crippen LogP contribution in [0.2, 0.25) is 0 Å². The molecule has 4 aliphatic rings. The highest BCUT2D eigenvalue weighted by Crippen LogP contribution is 2.63. The molecule has 0 amide bonds. The van der Waals surface area contributed by atoms with Crippen LogP contribution >= 0.6 is 0 Å². The number of fused-ring (bicyclic) bond motifs is 11. The van der Waals surface area contributed by atoms with Crippen LogP contribution in [0.4, 0.5) is 5.69 Å². The zero-order valence-electron chi connectivity index (χ0n) is 32.8. The first-order chi connectivity index (χ1) is 29.3. The first-order valence-corrected chi connectivity index (χ1v) is 21.0. The Morgan fingerprint density at radius 2 is 1.19 bits per heavy atom. The van der Waals surface area contributed by atoms with Gasteiger partial charge in [0, 0.05) is 28.7 Å². The molecule has 0 saturated heterocycles. The van der Waals surface area contributed by atoms with Crippen molar-refractivity contribution in [2.24, 2.45) is 0 Å². The summed E-state index contributed by atoms with van der Waals surface area (Å²) in [5, 5.41) is 1.24. The number of aromatic nitrogens is 1. The Balaban J connectivity index is 1.03. The fourth-order valence-corrected chi connectivity index (χ4v) is 10.5. The van der Waals surface area contributed by atoms with Crippen molar-refractivity contribution in [3.8, 4) is 39.1 Å². The maximum atomic E-state index is 2.59. The molecule has 1 unspecified atom stereocenters. The van der Waals surface area contributed by atoms with Gasteiger partial charge in [-0.1, -0.05) is 158 Å². The predicted molar refractivity (Wildman–Crippen MR) is 246 cm³/mol. The minimum Gasteiger partial charge on any atom is -0.335 e. The number of anilines is 1. The molecule has 12 rings (SSSR count). The summed E-state index contributed by atoms with van der Waals surface area (Å²) in [5.74, 6) is 0. The molecule has 1 heterocycles. The van der Waals surface area contributed by atoms with Gasteiger partial charge in [0.15, 0.2) is 0 Å². The predicted octanol–water partition coefficient (Wildman–Crippen LogP) is 14.1. The summed E-state index contributed by atoms with van der Waals surface area (Å²) in [4.78, 5) is 2.59. The van der Waals surface area contributed by atoms with Crippen molar-refractivity contribution in [1.29, 1.82) is 0 Å². The van der Waals surface area contributed by atoms with Crippen molar-refractivity contribution in [1.82, 2.24) is 4.57 Å². The molecule has 7 aromatic carbocycles. The maximum Gasteiger partial charge on any atom is 0.0727 e. The van der Waals surface area contributed by atoms with Crippen LogP contribution in [0.15, 0.2) is 218 Å². The molecule has 2 nitrogen and oxygen atoms in total. The van der Waals surface area contributed by atoms with E-state index in [1.165, 1.54) is 94.7 Å². The molecular formula is C57H42N2. The summed E-state index contributed by atoms with van der Waals surface area (Å²) in [6, 6.07) is 63.5. The van der Waals surface area contributed by atoms with Crippen molar-refractivity contribution < 1.29 is 0 Å². The van der Waals surface area contributed by atoms with Crippen molar-refractivity contribution >= 4 is 22.2 Å². The Morgan fingerprint density at radius 1 is 0.508 bits per heavy atom. The third-order valence-electron chi connectivity index (χ3n) is 13.2. The molecule has 0 N–H and O–H groups in total. The Bertz CT molecular complexity index is 3040. The number of hydrogen-bond acceptors (Lipinski definition) is 1. The molecular weight excluding hydrogens is 713 g/mol. The fraction of sp³-hybridized carbons (Fsp3) is 0.0877. The van der Waals surface area contributed by atoms with Crippen molar-refractivity contribution in [3.63, 3.8) is 0 Å². The first kappa shape index (κ1) is 33.9. The van der Waals surface area contributed by atoms with Crippen LogP contribution in [0.1, 0.15) is 47.1 Å². The van der Waals surface area contributed by atoms with Crippen LogP contribution in [0.25, 0.3) is 55.5 Å². The van der Waals surface area contributed by atoms with E-state index >= 15 is 0 Å². The fourth-order valence-electron chi connectivity index (χ4n) is 10.5. The molecule has 1 atom stereocenters. The molecule has 2 heteroatoms. The monoisotopic (exact) mass is 754 g/mol. The summed E-state index contributed by atoms with van der Waals surface area (Å²) in [7, 11) is 0. The SMILES string of the molecule is C1=CC(N(c2ccc3c(c2)C2(c4ccccc4-c4ccccc42)c2cc(-n4ccc5cc(-c6ccccc6)ccc54)ccc2-3)C2C=CC(c3ccccc3)=CC2)=CCC1. The lowest BCUT2D eigenvalue weighted by atomic mass is 9.70. The van der Waals surface area contributed by atoms with E-state index in [4.69, 9.17) is 0 Å². The lowest BCUT2D eigenvalue weighted by molar-refractivity contribution is 0.751. The molecule has 280 valence electrons. The summed E-state index contributed by atoms with van der Waals surface area (Å²) in [6.45, 7) is 0. The van der Waals surface area contributed by atoms with E-state index in [2.05, 4.69) is 222 Å². The minimum atomic E-state index is -0.474. The molecule has 8 aromatic rings. The van der Waals surface area contributed by atoms with Gasteiger partial charge in [-0.3, -0.25) is 0 Å². The molecule has 59 heavy (non-hydrogen) atoms. The second kappa shape index (κ2) is 13.5. The third-order valence-corrected chi connectivity index (χ3v) is 13.2. The van der Waals surface area contributed by atoms with Gasteiger partial charge >= 0.3 is 0 Å². The number of rotatable bonds is 6. The van der Waals surface area contributed by atoms with Crippen LogP contribution in [0, 0.1) is 0 Å². The van der Waals surface area contributed by atoms with E-state index in [1.807, 2.05) is 0 Å². The molecule has 0 radical (unpaired) electrons. The quantitative estimate of drug-likeness (QED) is 0.164. The van der Waals surface area contributed by atoms with E-state index in [1.54, 1.807) is 0 Å². The number of hydrogen-bond donors (Lipinski definition) is 0. The van der Waals surface area contributed by atoms with Crippen molar-refractivity contribution in [3.05, 3.63) is 246 Å². The molecule has 0 aliphatic heterocycles. The van der Waals surface area contributed by atoms with Gasteiger partial charge in [0.05, 0.1) is 17.0 Å². The summed E-state index contributed by atoms with van der Waals surface area (Å²) in [5.41, 5.74) is 20.1. The molecule has 1 spiro atoms. The van der Waals surface area contributed by atoms with Gasteiger partial charge in [-0.2, -0.15) is 0 Å². The highest BCUT2D eigenvalue weighted by Gasteiger charge is 2.52. The number of nitrogens with zero attached hydrogens (tertiary/aromatic N) is 2. The number of allylic oxidation sites excluding steroid dienone is 5. The summed E-state index contributed by atoms with van der Waals surface area (Å²) in [6.07, 6.45) is 19.6. The zero-order chi connectivity index (χ0) is 38.9. The normalized spacial score (nSPS) is 16.6. The average Bonchev–Trinajstić information content (AvgIpc) is 3.96. The Morgan fingerprint density at radius 3 is 1.90 bits per heavy atom.